The van der Waals surface area contributed by atoms with Gasteiger partial charge in [0, 0.05) is 0 Å². The maximum Gasteiger partial charge on any atom is 0.309 e. The highest BCUT2D eigenvalue weighted by Crippen LogP contribution is 2.09. The normalized spacial score (nSPS) is 13.6. The molecule has 0 aliphatic carbocycles. The first kappa shape index (κ1) is 16.4. The minimum atomic E-state index is -0.770. The van der Waals surface area contributed by atoms with Crippen molar-refractivity contribution in [1.29, 1.82) is 0 Å². The Balaban J connectivity index is 3.75. The van der Waals surface area contributed by atoms with Crippen molar-refractivity contribution in [2.75, 3.05) is 27.2 Å². The standard InChI is InChI=1S/C13H27NO3/c1-4-5-6-7-8-12(15)11-14(2,3)10-9-13(16)17/h12,15H,4-11H2,1-3H3/p+1. The Morgan fingerprint density at radius 1 is 1.24 bits per heavy atom. The van der Waals surface area contributed by atoms with Crippen molar-refractivity contribution in [2.24, 2.45) is 0 Å². The smallest absolute Gasteiger partial charge is 0.309 e. The van der Waals surface area contributed by atoms with Gasteiger partial charge in [-0.1, -0.05) is 32.6 Å². The summed E-state index contributed by atoms with van der Waals surface area (Å²) in [6.07, 6.45) is 5.35. The quantitative estimate of drug-likeness (QED) is 0.457. The maximum atomic E-state index is 10.5. The molecule has 0 heterocycles. The molecule has 0 saturated carbocycles. The second-order valence-corrected chi connectivity index (χ2v) is 5.49. The van der Waals surface area contributed by atoms with Crippen molar-refractivity contribution in [2.45, 2.75) is 51.6 Å². The van der Waals surface area contributed by atoms with Crippen molar-refractivity contribution >= 4 is 5.97 Å². The molecule has 0 rings (SSSR count). The van der Waals surface area contributed by atoms with E-state index in [2.05, 4.69) is 6.92 Å². The number of carboxylic acid groups (broad SMARTS) is 1. The van der Waals surface area contributed by atoms with Gasteiger partial charge in [0.05, 0.1) is 27.1 Å². The van der Waals surface area contributed by atoms with E-state index in [0.717, 1.165) is 12.8 Å². The second kappa shape index (κ2) is 8.48. The third kappa shape index (κ3) is 10.3. The molecule has 4 heteroatoms. The van der Waals surface area contributed by atoms with Crippen LogP contribution < -0.4 is 0 Å². The maximum absolute atomic E-state index is 10.5. The van der Waals surface area contributed by atoms with E-state index in [0.29, 0.717) is 17.6 Å². The highest BCUT2D eigenvalue weighted by Gasteiger charge is 2.21. The van der Waals surface area contributed by atoms with E-state index in [1.807, 2.05) is 14.1 Å². The summed E-state index contributed by atoms with van der Waals surface area (Å²) in [5.41, 5.74) is 0. The van der Waals surface area contributed by atoms with Crippen molar-refractivity contribution in [3.63, 3.8) is 0 Å². The predicted molar refractivity (Wildman–Crippen MR) is 68.9 cm³/mol. The molecule has 0 bridgehead atoms. The first-order valence-electron chi connectivity index (χ1n) is 6.59. The molecule has 1 unspecified atom stereocenters. The van der Waals surface area contributed by atoms with E-state index in [-0.39, 0.29) is 12.5 Å². The lowest BCUT2D eigenvalue weighted by Gasteiger charge is -2.31. The summed E-state index contributed by atoms with van der Waals surface area (Å²) in [5.74, 6) is -0.770. The summed E-state index contributed by atoms with van der Waals surface area (Å²) in [4.78, 5) is 10.5. The van der Waals surface area contributed by atoms with Gasteiger partial charge in [-0.15, -0.1) is 0 Å². The topological polar surface area (TPSA) is 57.5 Å². The number of carboxylic acids is 1. The minimum Gasteiger partial charge on any atom is -0.481 e. The summed E-state index contributed by atoms with van der Waals surface area (Å²) in [6, 6.07) is 0. The van der Waals surface area contributed by atoms with Crippen LogP contribution in [0.25, 0.3) is 0 Å². The number of aliphatic hydroxyl groups excluding tert-OH is 1. The molecule has 0 aromatic carbocycles. The van der Waals surface area contributed by atoms with E-state index in [4.69, 9.17) is 5.11 Å². The van der Waals surface area contributed by atoms with Crippen LogP contribution in [-0.2, 0) is 4.79 Å². The molecule has 2 N–H and O–H groups in total. The fraction of sp³-hybridized carbons (Fsp3) is 0.923. The van der Waals surface area contributed by atoms with E-state index >= 15 is 0 Å². The molecule has 17 heavy (non-hydrogen) atoms. The molecule has 4 nitrogen and oxygen atoms in total. The van der Waals surface area contributed by atoms with Crippen molar-refractivity contribution < 1.29 is 19.5 Å². The second-order valence-electron chi connectivity index (χ2n) is 5.49. The molecule has 0 fully saturated rings. The Hall–Kier alpha value is -0.610. The Morgan fingerprint density at radius 3 is 2.41 bits per heavy atom. The number of hydrogen-bond acceptors (Lipinski definition) is 2. The van der Waals surface area contributed by atoms with E-state index in [1.165, 1.54) is 19.3 Å². The average Bonchev–Trinajstić information content (AvgIpc) is 2.21. The number of hydrogen-bond donors (Lipinski definition) is 2. The molecule has 0 aliphatic rings. The van der Waals surface area contributed by atoms with Crippen molar-refractivity contribution in [3.05, 3.63) is 0 Å². The van der Waals surface area contributed by atoms with Crippen LogP contribution in [0.15, 0.2) is 0 Å². The van der Waals surface area contributed by atoms with Crippen LogP contribution in [0.5, 0.6) is 0 Å². The van der Waals surface area contributed by atoms with Crippen molar-refractivity contribution in [3.8, 4) is 0 Å². The average molecular weight is 246 g/mol. The largest absolute Gasteiger partial charge is 0.481 e. The third-order valence-electron chi connectivity index (χ3n) is 3.03. The lowest BCUT2D eigenvalue weighted by atomic mass is 10.1. The number of rotatable bonds is 10. The molecule has 0 radical (unpaired) electrons. The van der Waals surface area contributed by atoms with E-state index in [1.54, 1.807) is 0 Å². The Kier molecular flexibility index (Phi) is 8.17. The van der Waals surface area contributed by atoms with Gasteiger partial charge >= 0.3 is 5.97 Å². The fourth-order valence-electron chi connectivity index (χ4n) is 1.96. The summed E-state index contributed by atoms with van der Waals surface area (Å²) in [6.45, 7) is 3.38. The first-order valence-corrected chi connectivity index (χ1v) is 6.59. The zero-order chi connectivity index (χ0) is 13.3. The van der Waals surface area contributed by atoms with Crippen LogP contribution in [0.4, 0.5) is 0 Å². The molecular formula is C13H28NO3+. The van der Waals surface area contributed by atoms with Gasteiger partial charge in [-0.05, 0) is 6.42 Å². The lowest BCUT2D eigenvalue weighted by molar-refractivity contribution is -0.892. The van der Waals surface area contributed by atoms with Gasteiger partial charge in [-0.25, -0.2) is 0 Å². The van der Waals surface area contributed by atoms with Crippen LogP contribution in [0.3, 0.4) is 0 Å². The molecule has 0 saturated heterocycles. The predicted octanol–water partition coefficient (Wildman–Crippen LogP) is 1.87. The molecule has 0 spiro atoms. The number of likely N-dealkylation sites (N-methyl/N-ethyl adjacent to an activating group) is 1. The summed E-state index contributed by atoms with van der Waals surface area (Å²) in [5, 5.41) is 18.5. The molecule has 0 amide bonds. The number of nitrogens with zero attached hydrogens (tertiary/aromatic N) is 1. The molecule has 0 aromatic heterocycles. The Morgan fingerprint density at radius 2 is 1.88 bits per heavy atom. The number of quaternary nitrogens is 1. The van der Waals surface area contributed by atoms with Gasteiger partial charge in [0.25, 0.3) is 0 Å². The van der Waals surface area contributed by atoms with Gasteiger partial charge in [-0.3, -0.25) is 4.79 Å². The summed E-state index contributed by atoms with van der Waals surface area (Å²) in [7, 11) is 3.94. The van der Waals surface area contributed by atoms with Gasteiger partial charge in [-0.2, -0.15) is 0 Å². The van der Waals surface area contributed by atoms with Crippen LogP contribution in [0.1, 0.15) is 45.4 Å². The van der Waals surface area contributed by atoms with Crippen LogP contribution >= 0.6 is 0 Å². The number of aliphatic hydroxyl groups is 1. The third-order valence-corrected chi connectivity index (χ3v) is 3.03. The highest BCUT2D eigenvalue weighted by molar-refractivity contribution is 5.66. The lowest BCUT2D eigenvalue weighted by Crippen LogP contribution is -2.46. The fourth-order valence-corrected chi connectivity index (χ4v) is 1.96. The minimum absolute atomic E-state index is 0.162. The number of unbranched alkanes of at least 4 members (excludes halogenated alkanes) is 3. The first-order chi connectivity index (χ1) is 7.87. The summed E-state index contributed by atoms with van der Waals surface area (Å²) < 4.78 is 0.571. The van der Waals surface area contributed by atoms with Gasteiger partial charge < -0.3 is 14.7 Å². The van der Waals surface area contributed by atoms with Gasteiger partial charge in [0.15, 0.2) is 0 Å². The Labute approximate surface area is 105 Å². The molecule has 1 atom stereocenters. The number of carbonyl (C=O) groups is 1. The van der Waals surface area contributed by atoms with E-state index < -0.39 is 5.97 Å². The SMILES string of the molecule is CCCCCCC(O)C[N+](C)(C)CCC(=O)O. The van der Waals surface area contributed by atoms with Crippen LogP contribution in [0, 0.1) is 0 Å². The Bertz CT molecular complexity index is 217. The molecular weight excluding hydrogens is 218 g/mol. The zero-order valence-corrected chi connectivity index (χ0v) is 11.5. The zero-order valence-electron chi connectivity index (χ0n) is 11.5. The number of aliphatic carboxylic acids is 1. The summed E-state index contributed by atoms with van der Waals surface area (Å²) >= 11 is 0. The molecule has 102 valence electrons. The van der Waals surface area contributed by atoms with Crippen molar-refractivity contribution in [1.82, 2.24) is 0 Å². The molecule has 0 aliphatic heterocycles. The molecule has 0 aromatic rings. The van der Waals surface area contributed by atoms with Crippen LogP contribution in [0.2, 0.25) is 0 Å². The van der Waals surface area contributed by atoms with Gasteiger partial charge in [0.1, 0.15) is 12.6 Å². The van der Waals surface area contributed by atoms with Gasteiger partial charge in [0.2, 0.25) is 0 Å². The van der Waals surface area contributed by atoms with Crippen LogP contribution in [-0.4, -0.2) is 54.0 Å². The monoisotopic (exact) mass is 246 g/mol. The highest BCUT2D eigenvalue weighted by atomic mass is 16.4. The van der Waals surface area contributed by atoms with E-state index in [9.17, 15) is 9.90 Å².